The highest BCUT2D eigenvalue weighted by molar-refractivity contribution is 5.66. The lowest BCUT2D eigenvalue weighted by Gasteiger charge is -2.49. The number of esters is 2. The Morgan fingerprint density at radius 3 is 1.22 bits per heavy atom. The van der Waals surface area contributed by atoms with Gasteiger partial charge in [0.1, 0.15) is 36.6 Å². The number of aliphatic hydroxyl groups is 1. The molecule has 0 amide bonds. The van der Waals surface area contributed by atoms with Gasteiger partial charge in [0.15, 0.2) is 24.8 Å². The molecule has 13 nitrogen and oxygen atoms in total. The highest BCUT2D eigenvalue weighted by Gasteiger charge is 2.55. The second-order valence-electron chi connectivity index (χ2n) is 15.6. The summed E-state index contributed by atoms with van der Waals surface area (Å²) in [6.07, 6.45) is -11.7. The molecular weight excluding hydrogens is 821 g/mol. The molecule has 2 fully saturated rings. The lowest BCUT2D eigenvalue weighted by Crippen LogP contribution is -2.66. The van der Waals surface area contributed by atoms with Crippen LogP contribution in [-0.2, 0) is 90.0 Å². The fraction of sp³-hybridized carbons (Fsp3) is 0.373. The molecule has 2 aliphatic heterocycles. The molecule has 1 N–H and O–H groups in total. The van der Waals surface area contributed by atoms with Gasteiger partial charge in [-0.2, -0.15) is 0 Å². The Morgan fingerprint density at radius 1 is 0.438 bits per heavy atom. The first-order valence-electron chi connectivity index (χ1n) is 21.5. The van der Waals surface area contributed by atoms with Gasteiger partial charge in [-0.1, -0.05) is 152 Å². The highest BCUT2D eigenvalue weighted by Crippen LogP contribution is 2.36. The van der Waals surface area contributed by atoms with Gasteiger partial charge in [-0.05, 0) is 27.8 Å². The molecule has 0 unspecified atom stereocenters. The van der Waals surface area contributed by atoms with Crippen LogP contribution in [0.2, 0.25) is 0 Å². The van der Waals surface area contributed by atoms with Crippen molar-refractivity contribution in [2.45, 2.75) is 108 Å². The second kappa shape index (κ2) is 24.1. The van der Waals surface area contributed by atoms with Gasteiger partial charge >= 0.3 is 11.9 Å². The molecule has 2 saturated heterocycles. The average molecular weight is 877 g/mol. The van der Waals surface area contributed by atoms with Gasteiger partial charge in [-0.25, -0.2) is 0 Å². The number of rotatable bonds is 21. The maximum atomic E-state index is 13.1. The minimum Gasteiger partial charge on any atom is -0.457 e. The summed E-state index contributed by atoms with van der Waals surface area (Å²) in [6.45, 7) is 3.30. The van der Waals surface area contributed by atoms with E-state index in [1.54, 1.807) is 0 Å². The van der Waals surface area contributed by atoms with Crippen molar-refractivity contribution in [3.63, 3.8) is 0 Å². The summed E-state index contributed by atoms with van der Waals surface area (Å²) < 4.78 is 64.2. The molecule has 13 heteroatoms. The molecule has 64 heavy (non-hydrogen) atoms. The Hall–Kier alpha value is -5.32. The smallest absolute Gasteiger partial charge is 0.303 e. The third-order valence-corrected chi connectivity index (χ3v) is 10.7. The molecule has 7 rings (SSSR count). The van der Waals surface area contributed by atoms with Crippen molar-refractivity contribution >= 4 is 11.9 Å². The van der Waals surface area contributed by atoms with Crippen molar-refractivity contribution in [2.24, 2.45) is 0 Å². The third-order valence-electron chi connectivity index (χ3n) is 10.7. The number of hydrogen-bond acceptors (Lipinski definition) is 13. The number of aliphatic hydroxyl groups excluding tert-OH is 1. The predicted molar refractivity (Wildman–Crippen MR) is 233 cm³/mol. The van der Waals surface area contributed by atoms with E-state index >= 15 is 0 Å². The Labute approximate surface area is 374 Å². The number of carbonyl (C=O) groups is 2. The van der Waals surface area contributed by atoms with Crippen molar-refractivity contribution in [2.75, 3.05) is 13.2 Å². The van der Waals surface area contributed by atoms with Crippen LogP contribution >= 0.6 is 0 Å². The standard InChI is InChI=1S/C51H56O13/c1-35(52)60-47-45(43(34-56-29-38-20-10-4-11-21-38)62-50(54)48(47)59-32-41-26-16-7-17-27-41)64-51-49(61-36(2)53)46(58-31-40-24-14-6-15-25-40)44(57-30-39-22-12-5-13-23-39)42(63-51)33-55-28-37-18-8-3-9-19-37/h3-27,42-51,54H,28-34H2,1-2H3/t42-,43-,44+,45+,46+,47+,48-,49-,50-,51+/m1/s1. The van der Waals surface area contributed by atoms with Crippen LogP contribution in [0, 0.1) is 0 Å². The van der Waals surface area contributed by atoms with Crippen LogP contribution < -0.4 is 0 Å². The topological polar surface area (TPSA) is 147 Å². The molecule has 0 aromatic heterocycles. The Kier molecular flexibility index (Phi) is 17.6. The monoisotopic (exact) mass is 876 g/mol. The first kappa shape index (κ1) is 46.7. The number of carbonyl (C=O) groups excluding carboxylic acids is 2. The van der Waals surface area contributed by atoms with Crippen molar-refractivity contribution in [1.29, 1.82) is 0 Å². The Morgan fingerprint density at radius 2 is 0.797 bits per heavy atom. The van der Waals surface area contributed by atoms with E-state index in [0.29, 0.717) is 0 Å². The van der Waals surface area contributed by atoms with Crippen molar-refractivity contribution in [1.82, 2.24) is 0 Å². The van der Waals surface area contributed by atoms with Crippen molar-refractivity contribution < 1.29 is 62.1 Å². The molecule has 0 radical (unpaired) electrons. The Bertz CT molecular complexity index is 2110. The highest BCUT2D eigenvalue weighted by atomic mass is 16.8. The fourth-order valence-corrected chi connectivity index (χ4v) is 7.72. The van der Waals surface area contributed by atoms with E-state index in [1.807, 2.05) is 152 Å². The van der Waals surface area contributed by atoms with Gasteiger partial charge in [-0.3, -0.25) is 9.59 Å². The molecule has 5 aromatic rings. The zero-order valence-corrected chi connectivity index (χ0v) is 36.0. The molecule has 0 spiro atoms. The normalized spacial score (nSPS) is 25.6. The first-order valence-corrected chi connectivity index (χ1v) is 21.5. The molecule has 0 bridgehead atoms. The molecule has 0 aliphatic carbocycles. The number of ether oxygens (including phenoxy) is 10. The van der Waals surface area contributed by atoms with Crippen LogP contribution in [0.15, 0.2) is 152 Å². The van der Waals surface area contributed by atoms with E-state index < -0.39 is 73.4 Å². The lowest BCUT2D eigenvalue weighted by atomic mass is 9.96. The maximum Gasteiger partial charge on any atom is 0.303 e. The lowest BCUT2D eigenvalue weighted by molar-refractivity contribution is -0.366. The zero-order valence-electron chi connectivity index (χ0n) is 36.0. The number of hydrogen-bond donors (Lipinski definition) is 1. The van der Waals surface area contributed by atoms with Gasteiger partial charge in [0.25, 0.3) is 0 Å². The number of benzene rings is 5. The SMILES string of the molecule is CC(=O)O[C@@H]1[C@@H](OCc2ccccc2)[C@H](O)O[C@H](COCc2ccccc2)[C@@H]1O[C@@H]1O[C@H](COCc2ccccc2)[C@H](OCc2ccccc2)[C@H](OCc2ccccc2)[C@H]1OC(C)=O. The van der Waals surface area contributed by atoms with Crippen LogP contribution in [0.4, 0.5) is 0 Å². The summed E-state index contributed by atoms with van der Waals surface area (Å²) in [5.74, 6) is -1.29. The Balaban J connectivity index is 1.24. The predicted octanol–water partition coefficient (Wildman–Crippen LogP) is 6.87. The average Bonchev–Trinajstić information content (AvgIpc) is 3.31. The van der Waals surface area contributed by atoms with E-state index in [-0.39, 0.29) is 46.2 Å². The molecule has 2 heterocycles. The summed E-state index contributed by atoms with van der Waals surface area (Å²) in [6, 6.07) is 47.9. The van der Waals surface area contributed by atoms with Crippen LogP contribution in [-0.4, -0.2) is 91.7 Å². The van der Waals surface area contributed by atoms with Crippen molar-refractivity contribution in [3.8, 4) is 0 Å². The summed E-state index contributed by atoms with van der Waals surface area (Å²) >= 11 is 0. The van der Waals surface area contributed by atoms with E-state index in [2.05, 4.69) is 0 Å². The van der Waals surface area contributed by atoms with Crippen LogP contribution in [0.3, 0.4) is 0 Å². The fourth-order valence-electron chi connectivity index (χ4n) is 7.72. The summed E-state index contributed by atoms with van der Waals surface area (Å²) in [5.41, 5.74) is 4.43. The van der Waals surface area contributed by atoms with E-state index in [4.69, 9.17) is 47.4 Å². The zero-order chi connectivity index (χ0) is 44.5. The van der Waals surface area contributed by atoms with Crippen LogP contribution in [0.25, 0.3) is 0 Å². The molecule has 5 aromatic carbocycles. The van der Waals surface area contributed by atoms with Gasteiger partial charge in [0.2, 0.25) is 0 Å². The molecular formula is C51H56O13. The second-order valence-corrected chi connectivity index (χ2v) is 15.6. The molecule has 0 saturated carbocycles. The quantitative estimate of drug-likeness (QED) is 0.0767. The summed E-state index contributed by atoms with van der Waals surface area (Å²) in [4.78, 5) is 26.1. The molecule has 338 valence electrons. The van der Waals surface area contributed by atoms with Gasteiger partial charge in [0.05, 0.1) is 46.2 Å². The maximum absolute atomic E-state index is 13.1. The minimum absolute atomic E-state index is 0.0197. The first-order chi connectivity index (χ1) is 31.3. The van der Waals surface area contributed by atoms with Crippen molar-refractivity contribution in [3.05, 3.63) is 179 Å². The largest absolute Gasteiger partial charge is 0.457 e. The van der Waals surface area contributed by atoms with Gasteiger partial charge in [-0.15, -0.1) is 0 Å². The van der Waals surface area contributed by atoms with Crippen LogP contribution in [0.1, 0.15) is 41.7 Å². The van der Waals surface area contributed by atoms with Gasteiger partial charge in [0, 0.05) is 13.8 Å². The third kappa shape index (κ3) is 13.6. The molecule has 2 aliphatic rings. The van der Waals surface area contributed by atoms with Crippen LogP contribution in [0.5, 0.6) is 0 Å². The van der Waals surface area contributed by atoms with E-state index in [9.17, 15) is 14.7 Å². The molecule has 10 atom stereocenters. The van der Waals surface area contributed by atoms with E-state index in [0.717, 1.165) is 27.8 Å². The summed E-state index contributed by atoms with van der Waals surface area (Å²) in [5, 5.41) is 11.5. The summed E-state index contributed by atoms with van der Waals surface area (Å²) in [7, 11) is 0. The van der Waals surface area contributed by atoms with Gasteiger partial charge < -0.3 is 52.5 Å². The minimum atomic E-state index is -1.56. The van der Waals surface area contributed by atoms with E-state index in [1.165, 1.54) is 13.8 Å².